The van der Waals surface area contributed by atoms with Crippen LogP contribution >= 0.6 is 0 Å². The van der Waals surface area contributed by atoms with Crippen molar-refractivity contribution in [3.05, 3.63) is 39.7 Å². The zero-order valence-electron chi connectivity index (χ0n) is 10.5. The minimum atomic E-state index is -1.01. The SMILES string of the molecule is O=C(O)CCCCNC(=O)c1ccc(F)c([N+](=O)[O-])c1. The van der Waals surface area contributed by atoms with Gasteiger partial charge in [-0.1, -0.05) is 0 Å². The van der Waals surface area contributed by atoms with Crippen molar-refractivity contribution in [3.63, 3.8) is 0 Å². The number of carboxylic acids is 1. The van der Waals surface area contributed by atoms with Crippen LogP contribution < -0.4 is 5.32 Å². The summed E-state index contributed by atoms with van der Waals surface area (Å²) in [6, 6.07) is 2.87. The first kappa shape index (κ1) is 15.5. The van der Waals surface area contributed by atoms with Gasteiger partial charge in [0.2, 0.25) is 5.82 Å². The normalized spacial score (nSPS) is 10.1. The minimum absolute atomic E-state index is 0.0118. The molecule has 0 aromatic heterocycles. The summed E-state index contributed by atoms with van der Waals surface area (Å²) < 4.78 is 13.1. The molecular formula is C12H13FN2O5. The first-order chi connectivity index (χ1) is 9.41. The predicted molar refractivity (Wildman–Crippen MR) is 66.9 cm³/mol. The fraction of sp³-hybridized carbons (Fsp3) is 0.333. The first-order valence-electron chi connectivity index (χ1n) is 5.85. The monoisotopic (exact) mass is 284 g/mol. The zero-order valence-corrected chi connectivity index (χ0v) is 10.5. The number of carbonyl (C=O) groups is 2. The molecular weight excluding hydrogens is 271 g/mol. The van der Waals surface area contributed by atoms with Gasteiger partial charge in [-0.2, -0.15) is 4.39 Å². The predicted octanol–water partition coefficient (Wildman–Crippen LogP) is 1.72. The lowest BCUT2D eigenvalue weighted by Gasteiger charge is -2.04. The van der Waals surface area contributed by atoms with Gasteiger partial charge in [0.25, 0.3) is 5.91 Å². The summed E-state index contributed by atoms with van der Waals surface area (Å²) in [7, 11) is 0. The molecule has 0 atom stereocenters. The number of nitro benzene ring substituents is 1. The van der Waals surface area contributed by atoms with E-state index in [4.69, 9.17) is 5.11 Å². The molecule has 0 heterocycles. The number of hydrogen-bond donors (Lipinski definition) is 2. The Bertz CT molecular complexity index is 533. The molecule has 7 nitrogen and oxygen atoms in total. The third kappa shape index (κ3) is 4.63. The van der Waals surface area contributed by atoms with Gasteiger partial charge in [0, 0.05) is 24.6 Å². The molecule has 0 saturated carbocycles. The van der Waals surface area contributed by atoms with Gasteiger partial charge in [-0.25, -0.2) is 0 Å². The maximum Gasteiger partial charge on any atom is 0.305 e. The molecule has 8 heteroatoms. The lowest BCUT2D eigenvalue weighted by Crippen LogP contribution is -2.24. The molecule has 0 saturated heterocycles. The molecule has 0 fully saturated rings. The second-order valence-corrected chi connectivity index (χ2v) is 4.03. The highest BCUT2D eigenvalue weighted by Gasteiger charge is 2.17. The number of benzene rings is 1. The Morgan fingerprint density at radius 2 is 2.05 bits per heavy atom. The van der Waals surface area contributed by atoms with E-state index in [1.165, 1.54) is 0 Å². The third-order valence-corrected chi connectivity index (χ3v) is 2.51. The van der Waals surface area contributed by atoms with Crippen LogP contribution in [0.5, 0.6) is 0 Å². The van der Waals surface area contributed by atoms with E-state index < -0.39 is 28.3 Å². The number of unbranched alkanes of at least 4 members (excludes halogenated alkanes) is 1. The number of halogens is 1. The lowest BCUT2D eigenvalue weighted by atomic mass is 10.1. The quantitative estimate of drug-likeness (QED) is 0.450. The molecule has 1 amide bonds. The number of nitrogens with zero attached hydrogens (tertiary/aromatic N) is 1. The molecule has 20 heavy (non-hydrogen) atoms. The van der Waals surface area contributed by atoms with Crippen LogP contribution in [0.25, 0.3) is 0 Å². The van der Waals surface area contributed by atoms with E-state index >= 15 is 0 Å². The standard InChI is InChI=1S/C12H13FN2O5/c13-9-5-4-8(7-10(9)15(19)20)12(18)14-6-2-1-3-11(16)17/h4-5,7H,1-3,6H2,(H,14,18)(H,16,17). The summed E-state index contributed by atoms with van der Waals surface area (Å²) in [5.74, 6) is -2.48. The molecule has 0 aliphatic rings. The second-order valence-electron chi connectivity index (χ2n) is 4.03. The number of carbonyl (C=O) groups excluding carboxylic acids is 1. The molecule has 1 aromatic rings. The second kappa shape index (κ2) is 7.17. The van der Waals surface area contributed by atoms with Crippen LogP contribution in [0.2, 0.25) is 0 Å². The van der Waals surface area contributed by atoms with Crippen LogP contribution in [0.3, 0.4) is 0 Å². The Morgan fingerprint density at radius 1 is 1.35 bits per heavy atom. The van der Waals surface area contributed by atoms with Crippen LogP contribution in [0.15, 0.2) is 18.2 Å². The Hall–Kier alpha value is -2.51. The number of nitrogens with one attached hydrogen (secondary N) is 1. The third-order valence-electron chi connectivity index (χ3n) is 2.51. The lowest BCUT2D eigenvalue weighted by molar-refractivity contribution is -0.387. The topological polar surface area (TPSA) is 110 Å². The molecule has 1 aromatic carbocycles. The summed E-state index contributed by atoms with van der Waals surface area (Å²) in [5.41, 5.74) is -0.778. The molecule has 0 spiro atoms. The Kier molecular flexibility index (Phi) is 5.57. The van der Waals surface area contributed by atoms with E-state index in [0.717, 1.165) is 18.2 Å². The van der Waals surface area contributed by atoms with Gasteiger partial charge in [-0.05, 0) is 25.0 Å². The zero-order chi connectivity index (χ0) is 15.1. The number of nitro groups is 1. The van der Waals surface area contributed by atoms with E-state index in [-0.39, 0.29) is 18.5 Å². The molecule has 0 radical (unpaired) electrons. The van der Waals surface area contributed by atoms with Crippen LogP contribution in [0, 0.1) is 15.9 Å². The first-order valence-corrected chi connectivity index (χ1v) is 5.85. The highest BCUT2D eigenvalue weighted by atomic mass is 19.1. The van der Waals surface area contributed by atoms with Crippen LogP contribution in [0.4, 0.5) is 10.1 Å². The Morgan fingerprint density at radius 3 is 2.65 bits per heavy atom. The van der Waals surface area contributed by atoms with E-state index in [1.807, 2.05) is 0 Å². The van der Waals surface area contributed by atoms with Crippen molar-refractivity contribution in [3.8, 4) is 0 Å². The summed E-state index contributed by atoms with van der Waals surface area (Å²) in [6.45, 7) is 0.247. The maximum absolute atomic E-state index is 13.1. The van der Waals surface area contributed by atoms with Gasteiger partial charge in [0.05, 0.1) is 4.92 Å². The van der Waals surface area contributed by atoms with Gasteiger partial charge >= 0.3 is 11.7 Å². The van der Waals surface area contributed by atoms with Crippen LogP contribution in [0.1, 0.15) is 29.6 Å². The minimum Gasteiger partial charge on any atom is -0.481 e. The summed E-state index contributed by atoms with van der Waals surface area (Å²) in [6.07, 6.45) is 0.901. The highest BCUT2D eigenvalue weighted by molar-refractivity contribution is 5.94. The van der Waals surface area contributed by atoms with Gasteiger partial charge in [0.15, 0.2) is 0 Å². The average molecular weight is 284 g/mol. The molecule has 0 aliphatic heterocycles. The van der Waals surface area contributed by atoms with Crippen molar-refractivity contribution in [1.82, 2.24) is 5.32 Å². The van der Waals surface area contributed by atoms with Crippen LogP contribution in [-0.4, -0.2) is 28.5 Å². The smallest absolute Gasteiger partial charge is 0.305 e. The molecule has 0 unspecified atom stereocenters. The van der Waals surface area contributed by atoms with Crippen molar-refractivity contribution in [2.45, 2.75) is 19.3 Å². The molecule has 2 N–H and O–H groups in total. The highest BCUT2D eigenvalue weighted by Crippen LogP contribution is 2.18. The van der Waals surface area contributed by atoms with Crippen LogP contribution in [-0.2, 0) is 4.79 Å². The van der Waals surface area contributed by atoms with Gasteiger partial charge in [-0.3, -0.25) is 19.7 Å². The van der Waals surface area contributed by atoms with Crippen molar-refractivity contribution >= 4 is 17.6 Å². The fourth-order valence-electron chi connectivity index (χ4n) is 1.50. The van der Waals surface area contributed by atoms with E-state index in [2.05, 4.69) is 5.32 Å². The summed E-state index contributed by atoms with van der Waals surface area (Å²) >= 11 is 0. The number of amides is 1. The van der Waals surface area contributed by atoms with Gasteiger partial charge in [0.1, 0.15) is 0 Å². The number of aliphatic carboxylic acids is 1. The van der Waals surface area contributed by atoms with Crippen molar-refractivity contribution < 1.29 is 24.0 Å². The largest absolute Gasteiger partial charge is 0.481 e. The molecule has 1 rings (SSSR count). The van der Waals surface area contributed by atoms with E-state index in [0.29, 0.717) is 12.8 Å². The fourth-order valence-corrected chi connectivity index (χ4v) is 1.50. The number of carboxylic acid groups (broad SMARTS) is 1. The van der Waals surface area contributed by atoms with Crippen molar-refractivity contribution in [2.75, 3.05) is 6.54 Å². The molecule has 0 aliphatic carbocycles. The van der Waals surface area contributed by atoms with Gasteiger partial charge in [-0.15, -0.1) is 0 Å². The summed E-state index contributed by atoms with van der Waals surface area (Å²) in [5, 5.41) is 21.4. The number of rotatable bonds is 7. The van der Waals surface area contributed by atoms with Gasteiger partial charge < -0.3 is 10.4 Å². The Labute approximate surface area is 113 Å². The van der Waals surface area contributed by atoms with Crippen molar-refractivity contribution in [1.29, 1.82) is 0 Å². The van der Waals surface area contributed by atoms with E-state index in [1.54, 1.807) is 0 Å². The van der Waals surface area contributed by atoms with Crippen molar-refractivity contribution in [2.24, 2.45) is 0 Å². The average Bonchev–Trinajstić information content (AvgIpc) is 2.37. The summed E-state index contributed by atoms with van der Waals surface area (Å²) in [4.78, 5) is 31.6. The van der Waals surface area contributed by atoms with E-state index in [9.17, 15) is 24.1 Å². The maximum atomic E-state index is 13.1. The molecule has 0 bridgehead atoms. The molecule has 108 valence electrons. The number of hydrogen-bond acceptors (Lipinski definition) is 4. The Balaban J connectivity index is 2.53.